The molecule has 0 radical (unpaired) electrons. The summed E-state index contributed by atoms with van der Waals surface area (Å²) < 4.78 is 0. The van der Waals surface area contributed by atoms with Gasteiger partial charge in [-0.2, -0.15) is 5.10 Å². The fraction of sp³-hybridized carbons (Fsp3) is 0.105. The lowest BCUT2D eigenvalue weighted by molar-refractivity contribution is 0.0689. The van der Waals surface area contributed by atoms with Gasteiger partial charge in [0.1, 0.15) is 11.3 Å². The molecule has 130 valence electrons. The zero-order valence-electron chi connectivity index (χ0n) is 14.1. The number of benzene rings is 1. The summed E-state index contributed by atoms with van der Waals surface area (Å²) in [5.41, 5.74) is 11.7. The van der Waals surface area contributed by atoms with Crippen molar-refractivity contribution >= 4 is 22.7 Å². The van der Waals surface area contributed by atoms with E-state index in [2.05, 4.69) is 26.2 Å². The number of nitrogens with one attached hydrogen (secondary N) is 2. The number of rotatable bonds is 4. The van der Waals surface area contributed by atoms with Crippen LogP contribution in [-0.2, 0) is 6.42 Å². The first-order valence-electron chi connectivity index (χ1n) is 8.12. The lowest BCUT2D eigenvalue weighted by atomic mass is 10.0. The molecule has 0 bridgehead atoms. The SMILES string of the molecule is Cc1c(Cc2cccc(-c3cc4cc(N)cnc4[nH]3)c2)n[nH]c1C(=O)O. The summed E-state index contributed by atoms with van der Waals surface area (Å²) in [4.78, 5) is 18.7. The zero-order valence-corrected chi connectivity index (χ0v) is 14.1. The molecule has 4 aromatic rings. The Morgan fingerprint density at radius 1 is 1.27 bits per heavy atom. The van der Waals surface area contributed by atoms with Gasteiger partial charge in [0.15, 0.2) is 0 Å². The Bertz CT molecular complexity index is 1130. The third-order valence-electron chi connectivity index (χ3n) is 4.43. The number of hydrogen-bond donors (Lipinski definition) is 4. The van der Waals surface area contributed by atoms with Gasteiger partial charge in [-0.3, -0.25) is 5.10 Å². The second kappa shape index (κ2) is 6.03. The number of aromatic carboxylic acids is 1. The van der Waals surface area contributed by atoms with Gasteiger partial charge in [-0.05, 0) is 36.2 Å². The molecule has 5 N–H and O–H groups in total. The lowest BCUT2D eigenvalue weighted by Crippen LogP contribution is -1.99. The number of H-pyrrole nitrogens is 2. The van der Waals surface area contributed by atoms with Crippen LogP contribution in [0, 0.1) is 6.92 Å². The van der Waals surface area contributed by atoms with Crippen molar-refractivity contribution in [2.24, 2.45) is 0 Å². The number of anilines is 1. The van der Waals surface area contributed by atoms with Crippen LogP contribution in [0.5, 0.6) is 0 Å². The number of pyridine rings is 1. The molecule has 0 unspecified atom stereocenters. The number of carbonyl (C=O) groups is 1. The van der Waals surface area contributed by atoms with E-state index in [4.69, 9.17) is 10.8 Å². The summed E-state index contributed by atoms with van der Waals surface area (Å²) in [6.45, 7) is 1.76. The minimum Gasteiger partial charge on any atom is -0.477 e. The van der Waals surface area contributed by atoms with Crippen molar-refractivity contribution in [1.29, 1.82) is 0 Å². The van der Waals surface area contributed by atoms with Crippen LogP contribution in [0.4, 0.5) is 5.69 Å². The van der Waals surface area contributed by atoms with Crippen LogP contribution >= 0.6 is 0 Å². The van der Waals surface area contributed by atoms with E-state index in [0.29, 0.717) is 17.7 Å². The maximum absolute atomic E-state index is 11.1. The van der Waals surface area contributed by atoms with Gasteiger partial charge in [0, 0.05) is 23.1 Å². The van der Waals surface area contributed by atoms with Gasteiger partial charge >= 0.3 is 5.97 Å². The van der Waals surface area contributed by atoms with Gasteiger partial charge in [0.25, 0.3) is 0 Å². The van der Waals surface area contributed by atoms with Crippen LogP contribution < -0.4 is 5.73 Å². The monoisotopic (exact) mass is 347 g/mol. The Labute approximate surface area is 148 Å². The van der Waals surface area contributed by atoms with E-state index >= 15 is 0 Å². The van der Waals surface area contributed by atoms with Crippen LogP contribution in [0.2, 0.25) is 0 Å². The molecule has 26 heavy (non-hydrogen) atoms. The smallest absolute Gasteiger partial charge is 0.354 e. The third-order valence-corrected chi connectivity index (χ3v) is 4.43. The van der Waals surface area contributed by atoms with E-state index in [0.717, 1.165) is 33.5 Å². The van der Waals surface area contributed by atoms with Gasteiger partial charge in [0.2, 0.25) is 0 Å². The van der Waals surface area contributed by atoms with Crippen LogP contribution in [0.3, 0.4) is 0 Å². The number of aromatic nitrogens is 4. The molecule has 7 nitrogen and oxygen atoms in total. The molecule has 1 aromatic carbocycles. The van der Waals surface area contributed by atoms with Crippen molar-refractivity contribution in [3.8, 4) is 11.3 Å². The highest BCUT2D eigenvalue weighted by molar-refractivity contribution is 5.87. The number of carboxylic acids is 1. The standard InChI is InChI=1S/C19H17N5O2/c1-10-15(23-24-17(10)19(25)26)6-11-3-2-4-12(5-11)16-8-13-7-14(20)9-21-18(13)22-16/h2-5,7-9H,6,20H2,1H3,(H,21,22)(H,23,24)(H,25,26). The molecule has 0 aliphatic rings. The molecule has 0 aliphatic carbocycles. The van der Waals surface area contributed by atoms with Gasteiger partial charge in [-0.1, -0.05) is 18.2 Å². The van der Waals surface area contributed by atoms with Crippen molar-refractivity contribution in [1.82, 2.24) is 20.2 Å². The molecule has 3 heterocycles. The van der Waals surface area contributed by atoms with Crippen molar-refractivity contribution in [2.75, 3.05) is 5.73 Å². The lowest BCUT2D eigenvalue weighted by Gasteiger charge is -2.03. The number of nitrogen functional groups attached to an aromatic ring is 1. The highest BCUT2D eigenvalue weighted by Gasteiger charge is 2.15. The molecule has 7 heteroatoms. The second-order valence-corrected chi connectivity index (χ2v) is 6.24. The van der Waals surface area contributed by atoms with Gasteiger partial charge in [0.05, 0.1) is 17.6 Å². The zero-order chi connectivity index (χ0) is 18.3. The fourth-order valence-electron chi connectivity index (χ4n) is 3.05. The molecular formula is C19H17N5O2. The summed E-state index contributed by atoms with van der Waals surface area (Å²) in [7, 11) is 0. The average molecular weight is 347 g/mol. The van der Waals surface area contributed by atoms with Crippen LogP contribution in [0.25, 0.3) is 22.3 Å². The van der Waals surface area contributed by atoms with E-state index in [1.807, 2.05) is 30.3 Å². The molecule has 0 amide bonds. The normalized spacial score (nSPS) is 11.1. The Kier molecular flexibility index (Phi) is 3.69. The molecule has 0 saturated carbocycles. The fourth-order valence-corrected chi connectivity index (χ4v) is 3.05. The molecule has 0 spiro atoms. The summed E-state index contributed by atoms with van der Waals surface area (Å²) in [5, 5.41) is 16.8. The predicted molar refractivity (Wildman–Crippen MR) is 99.0 cm³/mol. The quantitative estimate of drug-likeness (QED) is 0.452. The number of fused-ring (bicyclic) bond motifs is 1. The molecular weight excluding hydrogens is 330 g/mol. The second-order valence-electron chi connectivity index (χ2n) is 6.24. The summed E-state index contributed by atoms with van der Waals surface area (Å²) in [5.74, 6) is -1.00. The molecule has 3 aromatic heterocycles. The predicted octanol–water partition coefficient (Wildman–Crippen LogP) is 3.13. The van der Waals surface area contributed by atoms with Crippen LogP contribution in [0.1, 0.15) is 27.3 Å². The molecule has 0 aliphatic heterocycles. The van der Waals surface area contributed by atoms with E-state index in [9.17, 15) is 4.79 Å². The molecule has 4 rings (SSSR count). The Hall–Kier alpha value is -3.61. The molecule has 0 atom stereocenters. The largest absolute Gasteiger partial charge is 0.477 e. The summed E-state index contributed by atoms with van der Waals surface area (Å²) in [6.07, 6.45) is 2.17. The Balaban J connectivity index is 1.67. The van der Waals surface area contributed by atoms with Crippen molar-refractivity contribution in [3.63, 3.8) is 0 Å². The van der Waals surface area contributed by atoms with E-state index in [-0.39, 0.29) is 5.69 Å². The topological polar surface area (TPSA) is 121 Å². The summed E-state index contributed by atoms with van der Waals surface area (Å²) in [6, 6.07) is 11.9. The number of aromatic amines is 2. The van der Waals surface area contributed by atoms with Crippen molar-refractivity contribution in [3.05, 3.63) is 65.1 Å². The van der Waals surface area contributed by atoms with E-state index in [1.165, 1.54) is 0 Å². The summed E-state index contributed by atoms with van der Waals surface area (Å²) >= 11 is 0. The third kappa shape index (κ3) is 2.79. The van der Waals surface area contributed by atoms with E-state index in [1.54, 1.807) is 13.1 Å². The number of hydrogen-bond acceptors (Lipinski definition) is 4. The first kappa shape index (κ1) is 15.9. The highest BCUT2D eigenvalue weighted by atomic mass is 16.4. The first-order chi connectivity index (χ1) is 12.5. The van der Waals surface area contributed by atoms with Gasteiger partial charge in [-0.25, -0.2) is 9.78 Å². The van der Waals surface area contributed by atoms with Gasteiger partial charge < -0.3 is 15.8 Å². The van der Waals surface area contributed by atoms with Crippen molar-refractivity contribution < 1.29 is 9.90 Å². The Morgan fingerprint density at radius 2 is 2.12 bits per heavy atom. The maximum atomic E-state index is 11.1. The van der Waals surface area contributed by atoms with Crippen molar-refractivity contribution in [2.45, 2.75) is 13.3 Å². The number of nitrogens with two attached hydrogens (primary N) is 1. The highest BCUT2D eigenvalue weighted by Crippen LogP contribution is 2.26. The first-order valence-corrected chi connectivity index (χ1v) is 8.12. The average Bonchev–Trinajstić information content (AvgIpc) is 3.19. The number of carboxylic acid groups (broad SMARTS) is 1. The van der Waals surface area contributed by atoms with Crippen LogP contribution in [-0.4, -0.2) is 31.2 Å². The van der Waals surface area contributed by atoms with E-state index < -0.39 is 5.97 Å². The van der Waals surface area contributed by atoms with Crippen LogP contribution in [0.15, 0.2) is 42.6 Å². The minimum absolute atomic E-state index is 0.135. The molecule has 0 saturated heterocycles. The maximum Gasteiger partial charge on any atom is 0.354 e. The van der Waals surface area contributed by atoms with Gasteiger partial charge in [-0.15, -0.1) is 0 Å². The molecule has 0 fully saturated rings. The number of nitrogens with zero attached hydrogens (tertiary/aromatic N) is 2. The Morgan fingerprint density at radius 3 is 2.88 bits per heavy atom. The minimum atomic E-state index is -1.00.